The first-order valence-electron chi connectivity index (χ1n) is 9.62. The van der Waals surface area contributed by atoms with E-state index in [2.05, 4.69) is 20.2 Å². The van der Waals surface area contributed by atoms with E-state index in [1.165, 1.54) is 18.9 Å². The summed E-state index contributed by atoms with van der Waals surface area (Å²) >= 11 is 5.59. The first kappa shape index (κ1) is 22.1. The maximum atomic E-state index is 13.0. The van der Waals surface area contributed by atoms with Crippen molar-refractivity contribution in [3.05, 3.63) is 40.5 Å². The second-order valence-corrected chi connectivity index (χ2v) is 7.49. The molecular weight excluding hydrogens is 421 g/mol. The molecule has 1 amide bonds. The molecule has 1 N–H and O–H groups in total. The van der Waals surface area contributed by atoms with Gasteiger partial charge in [0.15, 0.2) is 6.61 Å². The van der Waals surface area contributed by atoms with E-state index in [0.29, 0.717) is 11.6 Å². The van der Waals surface area contributed by atoms with E-state index in [1.807, 2.05) is 6.92 Å². The van der Waals surface area contributed by atoms with E-state index in [1.54, 1.807) is 6.07 Å². The van der Waals surface area contributed by atoms with Crippen LogP contribution in [-0.2, 0) is 11.0 Å². The lowest BCUT2D eigenvalue weighted by molar-refractivity contribution is -0.137. The zero-order valence-corrected chi connectivity index (χ0v) is 17.2. The van der Waals surface area contributed by atoms with Crippen LogP contribution in [0.4, 0.5) is 24.8 Å². The molecule has 0 radical (unpaired) electrons. The van der Waals surface area contributed by atoms with Crippen molar-refractivity contribution in [1.29, 1.82) is 0 Å². The maximum Gasteiger partial charge on any atom is 0.417 e. The van der Waals surface area contributed by atoms with Gasteiger partial charge in [-0.15, -0.1) is 0 Å². The summed E-state index contributed by atoms with van der Waals surface area (Å²) in [4.78, 5) is 23.1. The molecule has 2 aromatic rings. The third-order valence-electron chi connectivity index (χ3n) is 4.61. The molecule has 10 heteroatoms. The molecule has 162 valence electrons. The van der Waals surface area contributed by atoms with Crippen LogP contribution in [-0.4, -0.2) is 35.6 Å². The number of anilines is 2. The SMILES string of the molecule is Cc1cc(OCC(=O)Nc2ccc(Cl)c(C(F)(F)F)c2)nc(N2CCCCCC2)n1. The summed E-state index contributed by atoms with van der Waals surface area (Å²) in [5, 5.41) is 1.94. The molecule has 6 nitrogen and oxygen atoms in total. The number of rotatable bonds is 5. The smallest absolute Gasteiger partial charge is 0.417 e. The predicted molar refractivity (Wildman–Crippen MR) is 108 cm³/mol. The number of alkyl halides is 3. The fourth-order valence-corrected chi connectivity index (χ4v) is 3.39. The summed E-state index contributed by atoms with van der Waals surface area (Å²) in [7, 11) is 0. The van der Waals surface area contributed by atoms with Crippen LogP contribution in [0.25, 0.3) is 0 Å². The molecule has 3 rings (SSSR count). The van der Waals surface area contributed by atoms with Crippen molar-refractivity contribution in [2.24, 2.45) is 0 Å². The second-order valence-electron chi connectivity index (χ2n) is 7.08. The van der Waals surface area contributed by atoms with Gasteiger partial charge < -0.3 is 15.0 Å². The fourth-order valence-electron chi connectivity index (χ4n) is 3.17. The Kier molecular flexibility index (Phi) is 7.02. The largest absolute Gasteiger partial charge is 0.467 e. The molecule has 0 atom stereocenters. The van der Waals surface area contributed by atoms with E-state index in [4.69, 9.17) is 16.3 Å². The van der Waals surface area contributed by atoms with Crippen molar-refractivity contribution in [1.82, 2.24) is 9.97 Å². The maximum absolute atomic E-state index is 13.0. The summed E-state index contributed by atoms with van der Waals surface area (Å²) in [6.45, 7) is 3.13. The Morgan fingerprint density at radius 3 is 2.53 bits per heavy atom. The van der Waals surface area contributed by atoms with Crippen LogP contribution in [0.5, 0.6) is 5.88 Å². The molecule has 1 fully saturated rings. The standard InChI is InChI=1S/C20H22ClF3N4O2/c1-13-10-18(27-19(25-13)28-8-4-2-3-5-9-28)30-12-17(29)26-14-6-7-16(21)15(11-14)20(22,23)24/h6-7,10-11H,2-5,8-9,12H2,1H3,(H,26,29). The zero-order valence-electron chi connectivity index (χ0n) is 16.4. The third kappa shape index (κ3) is 5.98. The van der Waals surface area contributed by atoms with Crippen LogP contribution in [0, 0.1) is 6.92 Å². The number of amides is 1. The quantitative estimate of drug-likeness (QED) is 0.716. The van der Waals surface area contributed by atoms with Crippen LogP contribution < -0.4 is 15.0 Å². The number of benzene rings is 1. The molecule has 1 aromatic heterocycles. The lowest BCUT2D eigenvalue weighted by Gasteiger charge is -2.21. The number of carbonyl (C=O) groups excluding carboxylic acids is 1. The van der Waals surface area contributed by atoms with Crippen molar-refractivity contribution < 1.29 is 22.7 Å². The molecule has 0 bridgehead atoms. The lowest BCUT2D eigenvalue weighted by atomic mass is 10.2. The van der Waals surface area contributed by atoms with E-state index in [-0.39, 0.29) is 11.6 Å². The van der Waals surface area contributed by atoms with Gasteiger partial charge in [0.1, 0.15) is 0 Å². The number of halogens is 4. The number of aromatic nitrogens is 2. The van der Waals surface area contributed by atoms with Gasteiger partial charge in [-0.3, -0.25) is 4.79 Å². The van der Waals surface area contributed by atoms with Gasteiger partial charge in [0.05, 0.1) is 10.6 Å². The van der Waals surface area contributed by atoms with Crippen LogP contribution >= 0.6 is 11.6 Å². The Labute approximate surface area is 177 Å². The molecule has 0 unspecified atom stereocenters. The van der Waals surface area contributed by atoms with Gasteiger partial charge in [-0.25, -0.2) is 4.98 Å². The Bertz CT molecular complexity index is 900. The molecule has 2 heterocycles. The molecule has 1 aliphatic rings. The second kappa shape index (κ2) is 9.51. The summed E-state index contributed by atoms with van der Waals surface area (Å²) in [6, 6.07) is 4.77. The molecule has 0 saturated carbocycles. The summed E-state index contributed by atoms with van der Waals surface area (Å²) in [5.41, 5.74) is -0.340. The van der Waals surface area contributed by atoms with Crippen LogP contribution in [0.2, 0.25) is 5.02 Å². The van der Waals surface area contributed by atoms with Crippen molar-refractivity contribution in [2.75, 3.05) is 29.9 Å². The normalized spacial score (nSPS) is 14.9. The Hall–Kier alpha value is -2.55. The molecule has 1 saturated heterocycles. The van der Waals surface area contributed by atoms with Gasteiger partial charge in [0.2, 0.25) is 11.8 Å². The molecule has 30 heavy (non-hydrogen) atoms. The number of nitrogens with one attached hydrogen (secondary N) is 1. The highest BCUT2D eigenvalue weighted by Crippen LogP contribution is 2.36. The highest BCUT2D eigenvalue weighted by Gasteiger charge is 2.33. The summed E-state index contributed by atoms with van der Waals surface area (Å²) < 4.78 is 44.3. The van der Waals surface area contributed by atoms with Crippen molar-refractivity contribution >= 4 is 29.1 Å². The number of carbonyl (C=O) groups is 1. The Balaban J connectivity index is 1.63. The molecule has 0 spiro atoms. The minimum absolute atomic E-state index is 0.0237. The van der Waals surface area contributed by atoms with E-state index in [0.717, 1.165) is 38.1 Å². The minimum Gasteiger partial charge on any atom is -0.467 e. The highest BCUT2D eigenvalue weighted by atomic mass is 35.5. The van der Waals surface area contributed by atoms with Gasteiger partial charge >= 0.3 is 6.18 Å². The fraction of sp³-hybridized carbons (Fsp3) is 0.450. The minimum atomic E-state index is -4.61. The Morgan fingerprint density at radius 1 is 1.17 bits per heavy atom. The third-order valence-corrected chi connectivity index (χ3v) is 4.94. The zero-order chi connectivity index (χ0) is 21.7. The number of ether oxygens (including phenoxy) is 1. The molecular formula is C20H22ClF3N4O2. The lowest BCUT2D eigenvalue weighted by Crippen LogP contribution is -2.26. The first-order chi connectivity index (χ1) is 14.2. The predicted octanol–water partition coefficient (Wildman–Crippen LogP) is 4.86. The first-order valence-corrected chi connectivity index (χ1v) is 10.0. The van der Waals surface area contributed by atoms with Gasteiger partial charge in [-0.1, -0.05) is 24.4 Å². The number of aryl methyl sites for hydroxylation is 1. The van der Waals surface area contributed by atoms with Gasteiger partial charge in [-0.05, 0) is 38.0 Å². The van der Waals surface area contributed by atoms with Gasteiger partial charge in [0.25, 0.3) is 5.91 Å². The van der Waals surface area contributed by atoms with Crippen molar-refractivity contribution in [2.45, 2.75) is 38.8 Å². The molecule has 1 aliphatic heterocycles. The van der Waals surface area contributed by atoms with E-state index in [9.17, 15) is 18.0 Å². The topological polar surface area (TPSA) is 67.3 Å². The Morgan fingerprint density at radius 2 is 1.87 bits per heavy atom. The summed E-state index contributed by atoms with van der Waals surface area (Å²) in [6.07, 6.45) is -0.135. The van der Waals surface area contributed by atoms with Crippen LogP contribution in [0.3, 0.4) is 0 Å². The van der Waals surface area contributed by atoms with Crippen molar-refractivity contribution in [3.63, 3.8) is 0 Å². The van der Waals surface area contributed by atoms with E-state index < -0.39 is 29.3 Å². The highest BCUT2D eigenvalue weighted by molar-refractivity contribution is 6.31. The number of hydrogen-bond donors (Lipinski definition) is 1. The molecule has 0 aliphatic carbocycles. The van der Waals surface area contributed by atoms with Gasteiger partial charge in [0, 0.05) is 30.5 Å². The summed E-state index contributed by atoms with van der Waals surface area (Å²) in [5.74, 6) is 0.182. The average molecular weight is 443 g/mol. The van der Waals surface area contributed by atoms with Gasteiger partial charge in [-0.2, -0.15) is 18.2 Å². The van der Waals surface area contributed by atoms with Crippen molar-refractivity contribution in [3.8, 4) is 5.88 Å². The monoisotopic (exact) mass is 442 g/mol. The average Bonchev–Trinajstić information content (AvgIpc) is 2.96. The number of nitrogens with zero attached hydrogens (tertiary/aromatic N) is 3. The number of hydrogen-bond acceptors (Lipinski definition) is 5. The van der Waals surface area contributed by atoms with E-state index >= 15 is 0 Å². The molecule has 1 aromatic carbocycles. The van der Waals surface area contributed by atoms with Crippen LogP contribution in [0.1, 0.15) is 36.9 Å². The van der Waals surface area contributed by atoms with Crippen LogP contribution in [0.15, 0.2) is 24.3 Å².